The first-order chi connectivity index (χ1) is 16.9. The number of terminal acetylenes is 1. The van der Waals surface area contributed by atoms with Crippen LogP contribution in [-0.2, 0) is 19.1 Å². The standard InChI is InChI=1S/C26H31N3O5S/c1-4-25(32)29(21-8-7-20(33-3)18-19(21)2)26(23-6-5-17-35-23)22(30)9-10-24(31)27-11-12-28-13-15-34-16-14-28/h1,5-8,17-18,26H,9-16H2,2-3H3,(H,27,31). The van der Waals surface area contributed by atoms with Crippen LogP contribution in [0.4, 0.5) is 5.69 Å². The van der Waals surface area contributed by atoms with Crippen molar-refractivity contribution in [3.05, 3.63) is 46.2 Å². The average molecular weight is 498 g/mol. The second-order valence-corrected chi connectivity index (χ2v) is 9.14. The van der Waals surface area contributed by atoms with E-state index in [4.69, 9.17) is 15.9 Å². The van der Waals surface area contributed by atoms with Crippen molar-refractivity contribution in [1.29, 1.82) is 0 Å². The fourth-order valence-corrected chi connectivity index (χ4v) is 4.81. The van der Waals surface area contributed by atoms with Crippen molar-refractivity contribution in [3.8, 4) is 18.1 Å². The number of nitrogens with one attached hydrogen (secondary N) is 1. The summed E-state index contributed by atoms with van der Waals surface area (Å²) in [5.74, 6) is 1.71. The number of carbonyl (C=O) groups excluding carboxylic acids is 3. The molecule has 1 saturated heterocycles. The zero-order chi connectivity index (χ0) is 25.2. The van der Waals surface area contributed by atoms with Crippen LogP contribution in [-0.4, -0.2) is 69.0 Å². The number of carbonyl (C=O) groups is 3. The summed E-state index contributed by atoms with van der Waals surface area (Å²) >= 11 is 1.36. The van der Waals surface area contributed by atoms with Crippen LogP contribution in [0.15, 0.2) is 35.7 Å². The number of ether oxygens (including phenoxy) is 2. The van der Waals surface area contributed by atoms with Crippen molar-refractivity contribution in [2.45, 2.75) is 25.8 Å². The van der Waals surface area contributed by atoms with E-state index in [1.54, 1.807) is 31.4 Å². The molecular weight excluding hydrogens is 466 g/mol. The summed E-state index contributed by atoms with van der Waals surface area (Å²) in [7, 11) is 1.56. The largest absolute Gasteiger partial charge is 0.497 e. The van der Waals surface area contributed by atoms with Gasteiger partial charge in [0.05, 0.1) is 20.3 Å². The van der Waals surface area contributed by atoms with Gasteiger partial charge in [0.25, 0.3) is 0 Å². The number of hydrogen-bond acceptors (Lipinski definition) is 7. The van der Waals surface area contributed by atoms with E-state index in [1.807, 2.05) is 18.4 Å². The molecule has 1 aromatic carbocycles. The summed E-state index contributed by atoms with van der Waals surface area (Å²) in [6, 6.07) is 7.91. The second-order valence-electron chi connectivity index (χ2n) is 8.16. The van der Waals surface area contributed by atoms with Gasteiger partial charge < -0.3 is 14.8 Å². The van der Waals surface area contributed by atoms with E-state index < -0.39 is 11.9 Å². The molecule has 0 aliphatic carbocycles. The summed E-state index contributed by atoms with van der Waals surface area (Å²) in [5, 5.41) is 4.72. The Kier molecular flexibility index (Phi) is 9.85. The minimum atomic E-state index is -0.924. The molecule has 1 atom stereocenters. The van der Waals surface area contributed by atoms with Gasteiger partial charge in [-0.2, -0.15) is 0 Å². The summed E-state index contributed by atoms with van der Waals surface area (Å²) in [5.41, 5.74) is 1.26. The maximum absolute atomic E-state index is 13.5. The summed E-state index contributed by atoms with van der Waals surface area (Å²) < 4.78 is 10.6. The fourth-order valence-electron chi connectivity index (χ4n) is 3.98. The van der Waals surface area contributed by atoms with Crippen LogP contribution in [0.3, 0.4) is 0 Å². The smallest absolute Gasteiger partial charge is 0.303 e. The lowest BCUT2D eigenvalue weighted by molar-refractivity contribution is -0.126. The van der Waals surface area contributed by atoms with Crippen molar-refractivity contribution in [1.82, 2.24) is 10.2 Å². The molecule has 0 saturated carbocycles. The number of thiophene rings is 1. The number of rotatable bonds is 11. The van der Waals surface area contributed by atoms with Gasteiger partial charge in [-0.05, 0) is 48.1 Å². The summed E-state index contributed by atoms with van der Waals surface area (Å²) in [6.07, 6.45) is 5.51. The molecule has 186 valence electrons. The first-order valence-electron chi connectivity index (χ1n) is 11.5. The van der Waals surface area contributed by atoms with Crippen molar-refractivity contribution in [2.24, 2.45) is 0 Å². The maximum Gasteiger partial charge on any atom is 0.303 e. The zero-order valence-corrected chi connectivity index (χ0v) is 20.9. The van der Waals surface area contributed by atoms with Gasteiger partial charge in [-0.25, -0.2) is 0 Å². The van der Waals surface area contributed by atoms with Crippen LogP contribution < -0.4 is 15.0 Å². The highest BCUT2D eigenvalue weighted by molar-refractivity contribution is 7.10. The Balaban J connectivity index is 1.72. The van der Waals surface area contributed by atoms with Crippen LogP contribution in [0.25, 0.3) is 0 Å². The van der Waals surface area contributed by atoms with Crippen LogP contribution in [0.2, 0.25) is 0 Å². The fraction of sp³-hybridized carbons (Fsp3) is 0.423. The highest BCUT2D eigenvalue weighted by Crippen LogP contribution is 2.35. The van der Waals surface area contributed by atoms with Gasteiger partial charge in [-0.1, -0.05) is 6.07 Å². The molecule has 2 amide bonds. The van der Waals surface area contributed by atoms with E-state index in [2.05, 4.69) is 16.1 Å². The Hall–Kier alpha value is -3.19. The number of anilines is 1. The SMILES string of the molecule is C#CC(=O)N(c1ccc(OC)cc1C)C(C(=O)CCC(=O)NCCN1CCOCC1)c1cccs1. The number of benzene rings is 1. The van der Waals surface area contributed by atoms with E-state index >= 15 is 0 Å². The molecule has 2 heterocycles. The van der Waals surface area contributed by atoms with Gasteiger partial charge in [0.1, 0.15) is 11.8 Å². The van der Waals surface area contributed by atoms with E-state index in [1.165, 1.54) is 16.2 Å². The first kappa shape index (κ1) is 26.4. The van der Waals surface area contributed by atoms with Crippen LogP contribution >= 0.6 is 11.3 Å². The maximum atomic E-state index is 13.5. The van der Waals surface area contributed by atoms with Gasteiger partial charge >= 0.3 is 5.91 Å². The molecule has 1 fully saturated rings. The molecule has 35 heavy (non-hydrogen) atoms. The lowest BCUT2D eigenvalue weighted by atomic mass is 10.0. The van der Waals surface area contributed by atoms with Crippen molar-refractivity contribution in [2.75, 3.05) is 51.4 Å². The Labute approximate surface area is 210 Å². The number of hydrogen-bond donors (Lipinski definition) is 1. The highest BCUT2D eigenvalue weighted by atomic mass is 32.1. The number of morpholine rings is 1. The minimum absolute atomic E-state index is 0.0183. The molecule has 1 aliphatic heterocycles. The molecule has 0 radical (unpaired) electrons. The monoisotopic (exact) mass is 497 g/mol. The molecule has 1 aliphatic rings. The third-order valence-corrected chi connectivity index (χ3v) is 6.76. The van der Waals surface area contributed by atoms with Crippen molar-refractivity contribution in [3.63, 3.8) is 0 Å². The number of aryl methyl sites for hydroxylation is 1. The number of amides is 2. The lowest BCUT2D eigenvalue weighted by Crippen LogP contribution is -2.41. The second kappa shape index (κ2) is 13.0. The number of Topliss-reactive ketones (excluding diaryl/α,β-unsaturated/α-hetero) is 1. The predicted octanol–water partition coefficient (Wildman–Crippen LogP) is 2.57. The zero-order valence-electron chi connectivity index (χ0n) is 20.1. The molecule has 3 rings (SSSR count). The Morgan fingerprint density at radius 3 is 2.66 bits per heavy atom. The summed E-state index contributed by atoms with van der Waals surface area (Å²) in [4.78, 5) is 43.0. The third kappa shape index (κ3) is 7.15. The Bertz CT molecular complexity index is 1060. The third-order valence-electron chi connectivity index (χ3n) is 5.83. The first-order valence-corrected chi connectivity index (χ1v) is 12.4. The van der Waals surface area contributed by atoms with Gasteiger partial charge in [0.2, 0.25) is 5.91 Å². The number of ketones is 1. The molecule has 0 spiro atoms. The molecule has 9 heteroatoms. The molecule has 2 aromatic rings. The van der Waals surface area contributed by atoms with Crippen LogP contribution in [0.5, 0.6) is 5.75 Å². The molecular formula is C26H31N3O5S. The topological polar surface area (TPSA) is 88.2 Å². The van der Waals surface area contributed by atoms with E-state index in [9.17, 15) is 14.4 Å². The van der Waals surface area contributed by atoms with Gasteiger partial charge in [0, 0.05) is 49.6 Å². The lowest BCUT2D eigenvalue weighted by Gasteiger charge is -2.30. The molecule has 1 unspecified atom stereocenters. The van der Waals surface area contributed by atoms with E-state index in [-0.39, 0.29) is 24.5 Å². The van der Waals surface area contributed by atoms with Crippen molar-refractivity contribution >= 4 is 34.6 Å². The van der Waals surface area contributed by atoms with Crippen LogP contribution in [0.1, 0.15) is 29.3 Å². The van der Waals surface area contributed by atoms with Crippen LogP contribution in [0, 0.1) is 19.3 Å². The molecule has 8 nitrogen and oxygen atoms in total. The van der Waals surface area contributed by atoms with Gasteiger partial charge in [-0.3, -0.25) is 24.2 Å². The number of methoxy groups -OCH3 is 1. The van der Waals surface area contributed by atoms with E-state index in [0.717, 1.165) is 25.2 Å². The van der Waals surface area contributed by atoms with Gasteiger partial charge in [0.15, 0.2) is 5.78 Å². The highest BCUT2D eigenvalue weighted by Gasteiger charge is 2.33. The number of nitrogens with zero attached hydrogens (tertiary/aromatic N) is 2. The quantitative estimate of drug-likeness (QED) is 0.480. The predicted molar refractivity (Wildman–Crippen MR) is 136 cm³/mol. The Morgan fingerprint density at radius 1 is 1.26 bits per heavy atom. The minimum Gasteiger partial charge on any atom is -0.497 e. The molecule has 1 aromatic heterocycles. The molecule has 0 bridgehead atoms. The average Bonchev–Trinajstić information content (AvgIpc) is 3.40. The molecule has 1 N–H and O–H groups in total. The van der Waals surface area contributed by atoms with E-state index in [0.29, 0.717) is 36.1 Å². The van der Waals surface area contributed by atoms with Crippen molar-refractivity contribution < 1.29 is 23.9 Å². The normalized spacial score (nSPS) is 14.5. The van der Waals surface area contributed by atoms with Gasteiger partial charge in [-0.15, -0.1) is 17.8 Å². The Morgan fingerprint density at radius 2 is 2.03 bits per heavy atom. The summed E-state index contributed by atoms with van der Waals surface area (Å²) in [6.45, 7) is 6.17.